The first-order valence-corrected chi connectivity index (χ1v) is 13.8. The number of carbonyl (C=O) groups excluding carboxylic acids is 2. The summed E-state index contributed by atoms with van der Waals surface area (Å²) in [4.78, 5) is 35.2. The number of unbranched alkanes of at least 4 members (excludes halogenated alkanes) is 2. The highest BCUT2D eigenvalue weighted by Gasteiger charge is 2.27. The van der Waals surface area contributed by atoms with E-state index in [1.807, 2.05) is 57.2 Å². The van der Waals surface area contributed by atoms with Gasteiger partial charge in [0.25, 0.3) is 0 Å². The van der Waals surface area contributed by atoms with Crippen LogP contribution in [0, 0.1) is 0 Å². The second-order valence-electron chi connectivity index (χ2n) is 11.1. The minimum Gasteiger partial charge on any atom is -0.460 e. The molecule has 0 radical (unpaired) electrons. The van der Waals surface area contributed by atoms with Gasteiger partial charge in [0, 0.05) is 25.3 Å². The normalized spacial score (nSPS) is 15.6. The van der Waals surface area contributed by atoms with Gasteiger partial charge in [0.2, 0.25) is 11.9 Å². The number of hydrogen-bond acceptors (Lipinski definition) is 6. The fourth-order valence-corrected chi connectivity index (χ4v) is 5.01. The SMILES string of the molecule is CC(C)(C)OC(=O)CC1CCCN(CC(=O)NCCCCCNc2nc3ccccc3[nH]2)c2ccccc21. The van der Waals surface area contributed by atoms with E-state index in [4.69, 9.17) is 4.74 Å². The Morgan fingerprint density at radius 3 is 2.63 bits per heavy atom. The summed E-state index contributed by atoms with van der Waals surface area (Å²) >= 11 is 0. The average Bonchev–Trinajstić information content (AvgIpc) is 3.21. The van der Waals surface area contributed by atoms with Crippen LogP contribution in [-0.2, 0) is 14.3 Å². The summed E-state index contributed by atoms with van der Waals surface area (Å²) in [5, 5.41) is 6.42. The van der Waals surface area contributed by atoms with E-state index in [1.165, 1.54) is 0 Å². The summed E-state index contributed by atoms with van der Waals surface area (Å²) in [6.07, 6.45) is 5.14. The number of imidazole rings is 1. The van der Waals surface area contributed by atoms with Crippen molar-refractivity contribution in [2.45, 2.75) is 70.8 Å². The number of rotatable bonds is 11. The molecule has 204 valence electrons. The number of fused-ring (bicyclic) bond motifs is 2. The zero-order valence-electron chi connectivity index (χ0n) is 22.9. The number of carbonyl (C=O) groups is 2. The van der Waals surface area contributed by atoms with Crippen molar-refractivity contribution < 1.29 is 14.3 Å². The topological polar surface area (TPSA) is 99.3 Å². The number of nitrogens with one attached hydrogen (secondary N) is 3. The van der Waals surface area contributed by atoms with Crippen LogP contribution < -0.4 is 15.5 Å². The highest BCUT2D eigenvalue weighted by molar-refractivity contribution is 5.82. The summed E-state index contributed by atoms with van der Waals surface area (Å²) < 4.78 is 5.58. The predicted octanol–water partition coefficient (Wildman–Crippen LogP) is 5.38. The molecule has 4 rings (SSSR count). The Bertz CT molecular complexity index is 1180. The molecule has 0 aliphatic carbocycles. The molecule has 0 fully saturated rings. The Morgan fingerprint density at radius 1 is 1.05 bits per heavy atom. The average molecular weight is 520 g/mol. The zero-order chi connectivity index (χ0) is 27.0. The van der Waals surface area contributed by atoms with E-state index in [2.05, 4.69) is 37.6 Å². The van der Waals surface area contributed by atoms with Crippen LogP contribution in [0.25, 0.3) is 11.0 Å². The third-order valence-electron chi connectivity index (χ3n) is 6.72. The molecule has 3 aromatic rings. The van der Waals surface area contributed by atoms with Crippen LogP contribution >= 0.6 is 0 Å². The van der Waals surface area contributed by atoms with Gasteiger partial charge in [0.1, 0.15) is 5.60 Å². The predicted molar refractivity (Wildman–Crippen MR) is 153 cm³/mol. The van der Waals surface area contributed by atoms with Gasteiger partial charge in [0.05, 0.1) is 24.0 Å². The Morgan fingerprint density at radius 2 is 1.82 bits per heavy atom. The van der Waals surface area contributed by atoms with E-state index >= 15 is 0 Å². The molecular weight excluding hydrogens is 478 g/mol. The third kappa shape index (κ3) is 7.97. The molecule has 2 heterocycles. The largest absolute Gasteiger partial charge is 0.460 e. The molecule has 1 aliphatic heterocycles. The van der Waals surface area contributed by atoms with Crippen molar-refractivity contribution >= 4 is 34.5 Å². The van der Waals surface area contributed by atoms with Gasteiger partial charge >= 0.3 is 5.97 Å². The Labute approximate surface area is 225 Å². The Balaban J connectivity index is 1.19. The molecule has 38 heavy (non-hydrogen) atoms. The van der Waals surface area contributed by atoms with Crippen molar-refractivity contribution in [2.24, 2.45) is 0 Å². The quantitative estimate of drug-likeness (QED) is 0.232. The smallest absolute Gasteiger partial charge is 0.306 e. The van der Waals surface area contributed by atoms with E-state index in [1.54, 1.807) is 0 Å². The highest BCUT2D eigenvalue weighted by atomic mass is 16.6. The Kier molecular flexibility index (Phi) is 9.26. The second-order valence-corrected chi connectivity index (χ2v) is 11.1. The molecule has 1 unspecified atom stereocenters. The van der Waals surface area contributed by atoms with Crippen molar-refractivity contribution in [1.29, 1.82) is 0 Å². The van der Waals surface area contributed by atoms with Gasteiger partial charge in [0.15, 0.2) is 0 Å². The van der Waals surface area contributed by atoms with E-state index in [0.717, 1.165) is 73.4 Å². The molecule has 1 amide bonds. The summed E-state index contributed by atoms with van der Waals surface area (Å²) in [5.74, 6) is 0.759. The first-order valence-electron chi connectivity index (χ1n) is 13.8. The number of H-pyrrole nitrogens is 1. The highest BCUT2D eigenvalue weighted by Crippen LogP contribution is 2.36. The second kappa shape index (κ2) is 12.8. The lowest BCUT2D eigenvalue weighted by Crippen LogP contribution is -2.38. The number of aromatic nitrogens is 2. The summed E-state index contributed by atoms with van der Waals surface area (Å²) in [5.41, 5.74) is 3.67. The monoisotopic (exact) mass is 519 g/mol. The molecule has 0 spiro atoms. The van der Waals surface area contributed by atoms with Crippen LogP contribution in [0.15, 0.2) is 48.5 Å². The molecule has 0 bridgehead atoms. The van der Waals surface area contributed by atoms with Gasteiger partial charge in [-0.3, -0.25) is 9.59 Å². The minimum absolute atomic E-state index is 0.0331. The van der Waals surface area contributed by atoms with E-state index in [9.17, 15) is 9.59 Å². The van der Waals surface area contributed by atoms with Crippen LogP contribution in [-0.4, -0.2) is 53.6 Å². The maximum Gasteiger partial charge on any atom is 0.306 e. The number of para-hydroxylation sites is 3. The first-order chi connectivity index (χ1) is 18.3. The maximum absolute atomic E-state index is 12.8. The molecule has 1 atom stereocenters. The first kappa shape index (κ1) is 27.5. The molecule has 3 N–H and O–H groups in total. The number of nitrogens with zero attached hydrogens (tertiary/aromatic N) is 2. The van der Waals surface area contributed by atoms with E-state index in [0.29, 0.717) is 19.5 Å². The van der Waals surface area contributed by atoms with Crippen molar-refractivity contribution in [2.75, 3.05) is 36.4 Å². The van der Waals surface area contributed by atoms with Crippen LogP contribution in [0.5, 0.6) is 0 Å². The molecule has 1 aliphatic rings. The number of aromatic amines is 1. The fourth-order valence-electron chi connectivity index (χ4n) is 5.01. The van der Waals surface area contributed by atoms with Gasteiger partial charge < -0.3 is 25.3 Å². The summed E-state index contributed by atoms with van der Waals surface area (Å²) in [7, 11) is 0. The van der Waals surface area contributed by atoms with Gasteiger partial charge in [-0.2, -0.15) is 0 Å². The lowest BCUT2D eigenvalue weighted by atomic mass is 9.91. The van der Waals surface area contributed by atoms with Crippen molar-refractivity contribution in [3.8, 4) is 0 Å². The van der Waals surface area contributed by atoms with Crippen LogP contribution in [0.2, 0.25) is 0 Å². The molecule has 8 heteroatoms. The minimum atomic E-state index is -0.490. The number of amides is 1. The van der Waals surface area contributed by atoms with Gasteiger partial charge in [-0.25, -0.2) is 4.98 Å². The number of hydrogen-bond donors (Lipinski definition) is 3. The van der Waals surface area contributed by atoms with Gasteiger partial charge in [-0.15, -0.1) is 0 Å². The lowest BCUT2D eigenvalue weighted by molar-refractivity contribution is -0.155. The van der Waals surface area contributed by atoms with Crippen LogP contribution in [0.4, 0.5) is 11.6 Å². The molecule has 8 nitrogen and oxygen atoms in total. The van der Waals surface area contributed by atoms with Crippen LogP contribution in [0.3, 0.4) is 0 Å². The number of esters is 1. The zero-order valence-corrected chi connectivity index (χ0v) is 22.9. The van der Waals surface area contributed by atoms with Crippen molar-refractivity contribution in [3.05, 3.63) is 54.1 Å². The van der Waals surface area contributed by atoms with E-state index < -0.39 is 5.60 Å². The van der Waals surface area contributed by atoms with Crippen molar-refractivity contribution in [1.82, 2.24) is 15.3 Å². The third-order valence-corrected chi connectivity index (χ3v) is 6.72. The molecule has 0 saturated heterocycles. The van der Waals surface area contributed by atoms with Crippen molar-refractivity contribution in [3.63, 3.8) is 0 Å². The van der Waals surface area contributed by atoms with Crippen LogP contribution in [0.1, 0.15) is 70.8 Å². The Hall–Kier alpha value is -3.55. The number of anilines is 2. The summed E-state index contributed by atoms with van der Waals surface area (Å²) in [6.45, 7) is 8.30. The maximum atomic E-state index is 12.8. The molecule has 2 aromatic carbocycles. The van der Waals surface area contributed by atoms with Gasteiger partial charge in [-0.05, 0) is 82.6 Å². The molecule has 0 saturated carbocycles. The van der Waals surface area contributed by atoms with E-state index in [-0.39, 0.29) is 17.8 Å². The molecule has 1 aromatic heterocycles. The molecular formula is C30H41N5O3. The number of benzene rings is 2. The number of ether oxygens (including phenoxy) is 1. The lowest BCUT2D eigenvalue weighted by Gasteiger charge is -2.26. The fraction of sp³-hybridized carbons (Fsp3) is 0.500. The summed E-state index contributed by atoms with van der Waals surface area (Å²) in [6, 6.07) is 16.1. The standard InChI is InChI=1S/C30H41N5O3/c1-30(2,3)38-28(37)20-22-12-11-19-35(26-16-8-5-13-23(22)26)21-27(36)31-17-9-4-10-18-32-29-33-24-14-6-7-15-25(24)34-29/h5-8,13-16,22H,4,9-12,17-21H2,1-3H3,(H,31,36)(H2,32,33,34). The van der Waals surface area contributed by atoms with Gasteiger partial charge in [-0.1, -0.05) is 30.3 Å².